The summed E-state index contributed by atoms with van der Waals surface area (Å²) < 4.78 is 0. The van der Waals surface area contributed by atoms with Crippen molar-refractivity contribution in [3.8, 4) is 0 Å². The molecule has 0 amide bonds. The molecule has 0 aliphatic heterocycles. The van der Waals surface area contributed by atoms with E-state index in [1.807, 2.05) is 24.3 Å². The molecule has 1 heterocycles. The molecule has 2 nitrogen and oxygen atoms in total. The Balaban J connectivity index is 2.68. The number of thioether (sulfide) groups is 1. The zero-order valence-corrected chi connectivity index (χ0v) is 9.27. The number of aromatic nitrogens is 2. The number of fused-ring (bicyclic) bond motifs is 1. The molecule has 1 aromatic carbocycles. The summed E-state index contributed by atoms with van der Waals surface area (Å²) in [5.41, 5.74) is 0. The van der Waals surface area contributed by atoms with Crippen LogP contribution in [0.4, 0.5) is 0 Å². The Morgan fingerprint density at radius 2 is 1.93 bits per heavy atom. The molecular formula is C10H9ClN2S. The Bertz CT molecular complexity index is 459. The van der Waals surface area contributed by atoms with Crippen molar-refractivity contribution in [1.82, 2.24) is 10.2 Å². The maximum absolute atomic E-state index is 5.95. The van der Waals surface area contributed by atoms with E-state index >= 15 is 0 Å². The fourth-order valence-corrected chi connectivity index (χ4v) is 2.20. The summed E-state index contributed by atoms with van der Waals surface area (Å²) in [7, 11) is 0. The van der Waals surface area contributed by atoms with Crippen molar-refractivity contribution in [3.05, 3.63) is 29.4 Å². The number of hydrogen-bond acceptors (Lipinski definition) is 3. The second-order valence-electron chi connectivity index (χ2n) is 2.77. The first-order chi connectivity index (χ1) is 6.83. The highest BCUT2D eigenvalue weighted by Gasteiger charge is 2.06. The minimum atomic E-state index is 0.473. The van der Waals surface area contributed by atoms with Crippen molar-refractivity contribution in [2.24, 2.45) is 0 Å². The van der Waals surface area contributed by atoms with E-state index < -0.39 is 0 Å². The lowest BCUT2D eigenvalue weighted by molar-refractivity contribution is 0.956. The number of rotatable bonds is 2. The van der Waals surface area contributed by atoms with Gasteiger partial charge in [0.25, 0.3) is 0 Å². The van der Waals surface area contributed by atoms with Crippen LogP contribution in [0.5, 0.6) is 0 Å². The summed E-state index contributed by atoms with van der Waals surface area (Å²) in [4.78, 5) is 0. The highest BCUT2D eigenvalue weighted by Crippen LogP contribution is 2.28. The van der Waals surface area contributed by atoms with Crippen molar-refractivity contribution in [1.29, 1.82) is 0 Å². The monoisotopic (exact) mass is 224 g/mol. The van der Waals surface area contributed by atoms with Gasteiger partial charge >= 0.3 is 0 Å². The normalized spacial score (nSPS) is 10.7. The molecule has 2 rings (SSSR count). The SMILES string of the molecule is CCSc1nnc(Cl)c2ccccc12. The Hall–Kier alpha value is -0.800. The van der Waals surface area contributed by atoms with Gasteiger partial charge in [-0.2, -0.15) is 0 Å². The van der Waals surface area contributed by atoms with E-state index in [9.17, 15) is 0 Å². The third kappa shape index (κ3) is 1.70. The van der Waals surface area contributed by atoms with Crippen LogP contribution in [0.3, 0.4) is 0 Å². The van der Waals surface area contributed by atoms with Gasteiger partial charge in [0.05, 0.1) is 0 Å². The zero-order valence-electron chi connectivity index (χ0n) is 7.70. The summed E-state index contributed by atoms with van der Waals surface area (Å²) in [5.74, 6) is 0.986. The first-order valence-corrected chi connectivity index (χ1v) is 5.73. The van der Waals surface area contributed by atoms with Crippen LogP contribution < -0.4 is 0 Å². The van der Waals surface area contributed by atoms with Gasteiger partial charge in [0, 0.05) is 10.8 Å². The van der Waals surface area contributed by atoms with Gasteiger partial charge in [-0.05, 0) is 5.75 Å². The third-order valence-corrected chi connectivity index (χ3v) is 3.03. The lowest BCUT2D eigenvalue weighted by atomic mass is 10.2. The fourth-order valence-electron chi connectivity index (χ4n) is 1.29. The fraction of sp³-hybridized carbons (Fsp3) is 0.200. The van der Waals surface area contributed by atoms with Crippen molar-refractivity contribution >= 4 is 34.1 Å². The average Bonchev–Trinajstić information content (AvgIpc) is 2.23. The van der Waals surface area contributed by atoms with Crippen LogP contribution in [-0.4, -0.2) is 16.0 Å². The summed E-state index contributed by atoms with van der Waals surface area (Å²) in [6.07, 6.45) is 0. The van der Waals surface area contributed by atoms with Crippen LogP contribution in [-0.2, 0) is 0 Å². The van der Waals surface area contributed by atoms with E-state index in [0.717, 1.165) is 21.6 Å². The number of benzene rings is 1. The maximum atomic E-state index is 5.95. The van der Waals surface area contributed by atoms with E-state index in [0.29, 0.717) is 5.15 Å². The highest BCUT2D eigenvalue weighted by atomic mass is 35.5. The molecular weight excluding hydrogens is 216 g/mol. The topological polar surface area (TPSA) is 25.8 Å². The zero-order chi connectivity index (χ0) is 9.97. The molecule has 0 saturated heterocycles. The van der Waals surface area contributed by atoms with E-state index in [-0.39, 0.29) is 0 Å². The summed E-state index contributed by atoms with van der Waals surface area (Å²) in [6, 6.07) is 7.93. The summed E-state index contributed by atoms with van der Waals surface area (Å²) >= 11 is 7.63. The quantitative estimate of drug-likeness (QED) is 0.732. The second kappa shape index (κ2) is 4.15. The number of halogens is 1. The Kier molecular flexibility index (Phi) is 2.89. The van der Waals surface area contributed by atoms with Gasteiger partial charge in [-0.1, -0.05) is 42.8 Å². The molecule has 0 aliphatic carbocycles. The van der Waals surface area contributed by atoms with Crippen LogP contribution in [0.2, 0.25) is 5.15 Å². The third-order valence-electron chi connectivity index (χ3n) is 1.89. The first-order valence-electron chi connectivity index (χ1n) is 4.36. The lowest BCUT2D eigenvalue weighted by Gasteiger charge is -2.03. The van der Waals surface area contributed by atoms with E-state index in [1.54, 1.807) is 11.8 Å². The molecule has 0 saturated carbocycles. The lowest BCUT2D eigenvalue weighted by Crippen LogP contribution is -1.89. The summed E-state index contributed by atoms with van der Waals surface area (Å²) in [5, 5.41) is 11.5. The predicted molar refractivity (Wildman–Crippen MR) is 60.9 cm³/mol. The van der Waals surface area contributed by atoms with Gasteiger partial charge in [0.2, 0.25) is 0 Å². The molecule has 0 atom stereocenters. The van der Waals surface area contributed by atoms with Gasteiger partial charge < -0.3 is 0 Å². The van der Waals surface area contributed by atoms with Crippen molar-refractivity contribution in [3.63, 3.8) is 0 Å². The Morgan fingerprint density at radius 3 is 2.64 bits per heavy atom. The molecule has 0 aliphatic rings. The van der Waals surface area contributed by atoms with Crippen molar-refractivity contribution in [2.75, 3.05) is 5.75 Å². The predicted octanol–water partition coefficient (Wildman–Crippen LogP) is 3.40. The standard InChI is InChI=1S/C10H9ClN2S/c1-2-14-10-8-6-4-3-5-7(8)9(11)12-13-10/h3-6H,2H2,1H3. The second-order valence-corrected chi connectivity index (χ2v) is 4.39. The molecule has 0 radical (unpaired) electrons. The summed E-state index contributed by atoms with van der Waals surface area (Å²) in [6.45, 7) is 2.09. The molecule has 14 heavy (non-hydrogen) atoms. The van der Waals surface area contributed by atoms with Crippen LogP contribution in [0, 0.1) is 0 Å². The maximum Gasteiger partial charge on any atom is 0.159 e. The average molecular weight is 225 g/mol. The number of nitrogens with zero attached hydrogens (tertiary/aromatic N) is 2. The molecule has 0 fully saturated rings. The van der Waals surface area contributed by atoms with Crippen molar-refractivity contribution < 1.29 is 0 Å². The van der Waals surface area contributed by atoms with E-state index in [1.165, 1.54) is 0 Å². The van der Waals surface area contributed by atoms with Gasteiger partial charge in [-0.15, -0.1) is 22.0 Å². The minimum absolute atomic E-state index is 0.473. The van der Waals surface area contributed by atoms with Gasteiger partial charge in [0.1, 0.15) is 5.03 Å². The number of hydrogen-bond donors (Lipinski definition) is 0. The Morgan fingerprint density at radius 1 is 1.21 bits per heavy atom. The molecule has 1 aromatic heterocycles. The van der Waals surface area contributed by atoms with Crippen molar-refractivity contribution in [2.45, 2.75) is 11.9 Å². The molecule has 0 unspecified atom stereocenters. The van der Waals surface area contributed by atoms with E-state index in [2.05, 4.69) is 17.1 Å². The largest absolute Gasteiger partial charge is 0.159 e. The Labute approximate surface area is 91.7 Å². The first kappa shape index (κ1) is 9.74. The molecule has 0 spiro atoms. The van der Waals surface area contributed by atoms with Crippen LogP contribution in [0.1, 0.15) is 6.92 Å². The van der Waals surface area contributed by atoms with Gasteiger partial charge in [0.15, 0.2) is 5.15 Å². The molecule has 0 bridgehead atoms. The minimum Gasteiger partial charge on any atom is -0.142 e. The van der Waals surface area contributed by atoms with Crippen LogP contribution in [0.25, 0.3) is 10.8 Å². The van der Waals surface area contributed by atoms with Crippen LogP contribution in [0.15, 0.2) is 29.3 Å². The highest BCUT2D eigenvalue weighted by molar-refractivity contribution is 7.99. The van der Waals surface area contributed by atoms with Crippen LogP contribution >= 0.6 is 23.4 Å². The van der Waals surface area contributed by atoms with E-state index in [4.69, 9.17) is 11.6 Å². The van der Waals surface area contributed by atoms with Gasteiger partial charge in [-0.3, -0.25) is 0 Å². The molecule has 4 heteroatoms. The molecule has 72 valence electrons. The van der Waals surface area contributed by atoms with Gasteiger partial charge in [-0.25, -0.2) is 0 Å². The smallest absolute Gasteiger partial charge is 0.142 e. The molecule has 2 aromatic rings. The molecule has 0 N–H and O–H groups in total.